The standard InChI is InChI=1S/C8H9S.ClH.Hg/c1-6-2-5-8(9-6)7-3-4-7;;/h2,7H,3-4H2,1H3;1H;/q;;+1/p-1. The third-order valence-corrected chi connectivity index (χ3v) is 10.2. The summed E-state index contributed by atoms with van der Waals surface area (Å²) in [6.07, 6.45) is 2.83. The molecule has 0 N–H and O–H groups in total. The van der Waals surface area contributed by atoms with Crippen molar-refractivity contribution in [1.82, 2.24) is 0 Å². The van der Waals surface area contributed by atoms with Crippen LogP contribution in [-0.4, -0.2) is 0 Å². The summed E-state index contributed by atoms with van der Waals surface area (Å²) < 4.78 is 1.59. The van der Waals surface area contributed by atoms with Gasteiger partial charge >= 0.3 is 87.5 Å². The van der Waals surface area contributed by atoms with Crippen molar-refractivity contribution in [3.8, 4) is 0 Å². The number of aryl methyl sites for hydroxylation is 1. The Labute approximate surface area is 86.8 Å². The number of hydrogen-bond acceptors (Lipinski definition) is 1. The average Bonchev–Trinajstić information content (AvgIpc) is 2.75. The molecule has 0 spiro atoms. The maximum absolute atomic E-state index is 6.05. The zero-order valence-electron chi connectivity index (χ0n) is 6.56. The van der Waals surface area contributed by atoms with Gasteiger partial charge < -0.3 is 0 Å². The van der Waals surface area contributed by atoms with Crippen LogP contribution in [0.4, 0.5) is 0 Å². The molecule has 0 bridgehead atoms. The van der Waals surface area contributed by atoms with Crippen LogP contribution in [0.15, 0.2) is 6.07 Å². The van der Waals surface area contributed by atoms with Gasteiger partial charge in [0, 0.05) is 0 Å². The van der Waals surface area contributed by atoms with Crippen LogP contribution >= 0.6 is 19.6 Å². The monoisotopic (exact) mass is 374 g/mol. The molecular weight excluding hydrogens is 364 g/mol. The second-order valence-electron chi connectivity index (χ2n) is 3.15. The van der Waals surface area contributed by atoms with E-state index in [0.717, 1.165) is 5.92 Å². The summed E-state index contributed by atoms with van der Waals surface area (Å²) in [5, 5.41) is 0. The Kier molecular flexibility index (Phi) is 2.59. The van der Waals surface area contributed by atoms with E-state index in [0.29, 0.717) is 0 Å². The van der Waals surface area contributed by atoms with Crippen molar-refractivity contribution >= 4 is 22.7 Å². The quantitative estimate of drug-likeness (QED) is 0.700. The zero-order chi connectivity index (χ0) is 7.84. The molecule has 0 saturated heterocycles. The van der Waals surface area contributed by atoms with E-state index in [1.54, 1.807) is 7.95 Å². The second-order valence-corrected chi connectivity index (χ2v) is 10.8. The minimum atomic E-state index is -1.11. The number of thiophene rings is 1. The van der Waals surface area contributed by atoms with Gasteiger partial charge in [-0.15, -0.1) is 0 Å². The summed E-state index contributed by atoms with van der Waals surface area (Å²) in [6, 6.07) is 2.33. The third-order valence-electron chi connectivity index (χ3n) is 2.06. The summed E-state index contributed by atoms with van der Waals surface area (Å²) in [4.78, 5) is 3.11. The number of halogens is 1. The van der Waals surface area contributed by atoms with Gasteiger partial charge in [0.15, 0.2) is 0 Å². The van der Waals surface area contributed by atoms with Crippen molar-refractivity contribution in [2.24, 2.45) is 0 Å². The van der Waals surface area contributed by atoms with Gasteiger partial charge in [0.2, 0.25) is 0 Å². The average molecular weight is 373 g/mol. The van der Waals surface area contributed by atoms with E-state index in [1.807, 2.05) is 11.3 Å². The van der Waals surface area contributed by atoms with Crippen molar-refractivity contribution in [1.29, 1.82) is 0 Å². The Balaban J connectivity index is 2.34. The van der Waals surface area contributed by atoms with Gasteiger partial charge in [0.1, 0.15) is 0 Å². The van der Waals surface area contributed by atoms with Crippen LogP contribution < -0.4 is 3.07 Å². The Morgan fingerprint density at radius 3 is 2.91 bits per heavy atom. The molecule has 1 saturated carbocycles. The Morgan fingerprint density at radius 1 is 1.64 bits per heavy atom. The number of rotatable bonds is 2. The van der Waals surface area contributed by atoms with Crippen molar-refractivity contribution in [2.45, 2.75) is 25.7 Å². The molecule has 11 heavy (non-hydrogen) atoms. The number of hydrogen-bond donors (Lipinski definition) is 0. The van der Waals surface area contributed by atoms with Crippen molar-refractivity contribution < 1.29 is 23.3 Å². The van der Waals surface area contributed by atoms with Gasteiger partial charge in [-0.25, -0.2) is 0 Å². The fraction of sp³-hybridized carbons (Fsp3) is 0.500. The molecule has 0 aromatic carbocycles. The molecule has 1 heterocycles. The first kappa shape index (κ1) is 8.52. The van der Waals surface area contributed by atoms with E-state index < -0.39 is 23.3 Å². The molecule has 1 aliphatic carbocycles. The molecule has 56 valence electrons. The van der Waals surface area contributed by atoms with Gasteiger partial charge in [-0.05, 0) is 0 Å². The fourth-order valence-electron chi connectivity index (χ4n) is 1.38. The Bertz CT molecular complexity index is 265. The predicted octanol–water partition coefficient (Wildman–Crippen LogP) is 2.80. The SMILES string of the molecule is Cc1c[c]([Hg][Cl])c(C2CC2)s1. The maximum atomic E-state index is 6.05. The predicted molar refractivity (Wildman–Crippen MR) is 46.5 cm³/mol. The van der Waals surface area contributed by atoms with Gasteiger partial charge in [0.25, 0.3) is 0 Å². The summed E-state index contributed by atoms with van der Waals surface area (Å²) in [5.41, 5.74) is 0. The summed E-state index contributed by atoms with van der Waals surface area (Å²) in [5.74, 6) is 0.919. The van der Waals surface area contributed by atoms with Crippen LogP contribution in [0.25, 0.3) is 0 Å². The van der Waals surface area contributed by atoms with Crippen LogP contribution in [0.5, 0.6) is 0 Å². The minimum absolute atomic E-state index is 0.919. The topological polar surface area (TPSA) is 0 Å². The first-order valence-corrected chi connectivity index (χ1v) is 14.3. The van der Waals surface area contributed by atoms with Crippen LogP contribution in [-0.2, 0) is 23.3 Å². The van der Waals surface area contributed by atoms with E-state index in [-0.39, 0.29) is 0 Å². The molecule has 0 amide bonds. The van der Waals surface area contributed by atoms with Gasteiger partial charge in [-0.1, -0.05) is 0 Å². The van der Waals surface area contributed by atoms with E-state index in [2.05, 4.69) is 13.0 Å². The van der Waals surface area contributed by atoms with Crippen LogP contribution in [0.2, 0.25) is 0 Å². The molecular formula is C8H9ClHgS. The van der Waals surface area contributed by atoms with Crippen molar-refractivity contribution in [2.75, 3.05) is 0 Å². The molecule has 1 aliphatic rings. The normalized spacial score (nSPS) is 16.5. The first-order chi connectivity index (χ1) is 5.31. The van der Waals surface area contributed by atoms with Crippen molar-refractivity contribution in [3.63, 3.8) is 0 Å². The summed E-state index contributed by atoms with van der Waals surface area (Å²) in [6.45, 7) is 2.19. The first-order valence-electron chi connectivity index (χ1n) is 3.96. The molecule has 1 aromatic heterocycles. The van der Waals surface area contributed by atoms with E-state index in [4.69, 9.17) is 8.25 Å². The third kappa shape index (κ3) is 1.81. The molecule has 0 nitrogen and oxygen atoms in total. The molecule has 0 radical (unpaired) electrons. The van der Waals surface area contributed by atoms with Gasteiger partial charge in [-0.2, -0.15) is 0 Å². The molecule has 0 atom stereocenters. The van der Waals surface area contributed by atoms with Gasteiger partial charge in [-0.3, -0.25) is 0 Å². The van der Waals surface area contributed by atoms with Crippen molar-refractivity contribution in [3.05, 3.63) is 15.8 Å². The molecule has 1 aromatic rings. The van der Waals surface area contributed by atoms with E-state index in [9.17, 15) is 0 Å². The second kappa shape index (κ2) is 3.35. The van der Waals surface area contributed by atoms with E-state index in [1.165, 1.54) is 17.7 Å². The zero-order valence-corrected chi connectivity index (χ0v) is 13.6. The summed E-state index contributed by atoms with van der Waals surface area (Å²) >= 11 is 0.867. The molecule has 0 aliphatic heterocycles. The molecule has 0 unspecified atom stereocenters. The van der Waals surface area contributed by atoms with Gasteiger partial charge in [0.05, 0.1) is 0 Å². The fourth-order valence-corrected chi connectivity index (χ4v) is 10.3. The molecule has 3 heteroatoms. The Hall–Kier alpha value is 0.925. The van der Waals surface area contributed by atoms with Crippen LogP contribution in [0, 0.1) is 6.92 Å². The molecule has 2 rings (SSSR count). The van der Waals surface area contributed by atoms with E-state index >= 15 is 0 Å². The summed E-state index contributed by atoms with van der Waals surface area (Å²) in [7, 11) is 6.05. The van der Waals surface area contributed by atoms with Crippen LogP contribution in [0.3, 0.4) is 0 Å². The molecule has 1 fully saturated rings. The van der Waals surface area contributed by atoms with Crippen LogP contribution in [0.1, 0.15) is 28.5 Å². The Morgan fingerprint density at radius 2 is 2.36 bits per heavy atom.